The molecule has 0 aliphatic heterocycles. The number of furan rings is 1. The second-order valence-electron chi connectivity index (χ2n) is 10.1. The Morgan fingerprint density at radius 2 is 0.902 bits per heavy atom. The van der Waals surface area contributed by atoms with Crippen LogP contribution in [0.15, 0.2) is 144 Å². The fourth-order valence-electron chi connectivity index (χ4n) is 5.49. The molecular weight excluding hydrogens is 502 g/mol. The van der Waals surface area contributed by atoms with E-state index < -0.39 is 0 Å². The predicted octanol–water partition coefficient (Wildman–Crippen LogP) is 9.59. The lowest BCUT2D eigenvalue weighted by Gasteiger charge is -2.10. The molecule has 0 spiro atoms. The third-order valence-electron chi connectivity index (χ3n) is 7.53. The van der Waals surface area contributed by atoms with E-state index in [0.717, 1.165) is 55.0 Å². The number of nitrogens with zero attached hydrogens (tertiary/aromatic N) is 3. The Morgan fingerprint density at radius 3 is 1.63 bits per heavy atom. The van der Waals surface area contributed by atoms with Gasteiger partial charge in [0.25, 0.3) is 0 Å². The second kappa shape index (κ2) is 9.54. The molecule has 0 saturated heterocycles. The Balaban J connectivity index is 1.27. The number of benzene rings is 6. The van der Waals surface area contributed by atoms with Crippen molar-refractivity contribution in [2.45, 2.75) is 0 Å². The van der Waals surface area contributed by atoms with Crippen molar-refractivity contribution in [3.63, 3.8) is 0 Å². The molecule has 8 rings (SSSR count). The van der Waals surface area contributed by atoms with Gasteiger partial charge in [-0.2, -0.15) is 0 Å². The van der Waals surface area contributed by atoms with E-state index in [-0.39, 0.29) is 0 Å². The van der Waals surface area contributed by atoms with Crippen LogP contribution in [0.4, 0.5) is 0 Å². The van der Waals surface area contributed by atoms with Crippen LogP contribution in [0.25, 0.3) is 78.0 Å². The van der Waals surface area contributed by atoms with Crippen molar-refractivity contribution >= 4 is 32.7 Å². The minimum Gasteiger partial charge on any atom is -0.456 e. The number of aromatic nitrogens is 3. The number of hydrogen-bond donors (Lipinski definition) is 0. The third-order valence-corrected chi connectivity index (χ3v) is 7.53. The zero-order valence-electron chi connectivity index (χ0n) is 22.0. The van der Waals surface area contributed by atoms with Crippen LogP contribution in [0.5, 0.6) is 0 Å². The predicted molar refractivity (Wildman–Crippen MR) is 166 cm³/mol. The first kappa shape index (κ1) is 23.3. The monoisotopic (exact) mass is 525 g/mol. The van der Waals surface area contributed by atoms with Crippen LogP contribution in [0.1, 0.15) is 0 Å². The zero-order chi connectivity index (χ0) is 27.2. The van der Waals surface area contributed by atoms with Gasteiger partial charge < -0.3 is 4.42 Å². The van der Waals surface area contributed by atoms with Gasteiger partial charge in [0.1, 0.15) is 11.2 Å². The van der Waals surface area contributed by atoms with Crippen LogP contribution in [0.3, 0.4) is 0 Å². The summed E-state index contributed by atoms with van der Waals surface area (Å²) in [7, 11) is 0. The molecule has 192 valence electrons. The van der Waals surface area contributed by atoms with Crippen molar-refractivity contribution in [2.24, 2.45) is 0 Å². The summed E-state index contributed by atoms with van der Waals surface area (Å²) in [5.74, 6) is 1.93. The molecule has 0 fully saturated rings. The zero-order valence-corrected chi connectivity index (χ0v) is 22.0. The molecule has 8 aromatic rings. The summed E-state index contributed by atoms with van der Waals surface area (Å²) in [6.45, 7) is 0. The smallest absolute Gasteiger partial charge is 0.164 e. The molecule has 0 amide bonds. The average molecular weight is 526 g/mol. The molecule has 0 atom stereocenters. The first-order valence-electron chi connectivity index (χ1n) is 13.6. The molecule has 0 bridgehead atoms. The molecule has 41 heavy (non-hydrogen) atoms. The molecule has 0 radical (unpaired) electrons. The highest BCUT2D eigenvalue weighted by molar-refractivity contribution is 6.19. The van der Waals surface area contributed by atoms with Crippen LogP contribution in [-0.2, 0) is 0 Å². The standard InChI is InChI=1S/C37H23N3O/c1-3-9-24(10-4-1)25-15-17-27(18-16-25)36-38-35(26-11-5-2-6-12-26)39-37(40-36)29-19-21-30-28(23-29)20-22-33-34(30)31-13-7-8-14-32(31)41-33/h1-23H. The first-order valence-corrected chi connectivity index (χ1v) is 13.6. The van der Waals surface area contributed by atoms with E-state index >= 15 is 0 Å². The van der Waals surface area contributed by atoms with Gasteiger partial charge in [-0.3, -0.25) is 0 Å². The van der Waals surface area contributed by atoms with Crippen molar-refractivity contribution < 1.29 is 4.42 Å². The number of hydrogen-bond acceptors (Lipinski definition) is 4. The molecule has 0 aliphatic rings. The lowest BCUT2D eigenvalue weighted by Crippen LogP contribution is -2.00. The third kappa shape index (κ3) is 4.14. The van der Waals surface area contributed by atoms with Crippen molar-refractivity contribution in [3.8, 4) is 45.3 Å². The van der Waals surface area contributed by atoms with E-state index in [1.165, 1.54) is 5.56 Å². The Labute approximate surface area is 236 Å². The van der Waals surface area contributed by atoms with Crippen LogP contribution in [0.2, 0.25) is 0 Å². The van der Waals surface area contributed by atoms with Gasteiger partial charge in [-0.25, -0.2) is 15.0 Å². The normalized spacial score (nSPS) is 11.4. The molecule has 2 aromatic heterocycles. The van der Waals surface area contributed by atoms with E-state index in [1.54, 1.807) is 0 Å². The van der Waals surface area contributed by atoms with Crippen molar-refractivity contribution in [1.82, 2.24) is 15.0 Å². The summed E-state index contributed by atoms with van der Waals surface area (Å²) in [6, 6.07) is 47.6. The number of rotatable bonds is 4. The highest BCUT2D eigenvalue weighted by Crippen LogP contribution is 2.36. The minimum absolute atomic E-state index is 0.639. The maximum absolute atomic E-state index is 6.11. The molecule has 0 N–H and O–H groups in total. The van der Waals surface area contributed by atoms with Gasteiger partial charge >= 0.3 is 0 Å². The van der Waals surface area contributed by atoms with Crippen molar-refractivity contribution in [3.05, 3.63) is 140 Å². The lowest BCUT2D eigenvalue weighted by atomic mass is 10.0. The SMILES string of the molecule is c1ccc(-c2ccc(-c3nc(-c4ccccc4)nc(-c4ccc5c(ccc6oc7ccccc7c65)c4)n3)cc2)cc1. The van der Waals surface area contributed by atoms with Gasteiger partial charge in [-0.15, -0.1) is 0 Å². The van der Waals surface area contributed by atoms with Gasteiger partial charge in [0.15, 0.2) is 17.5 Å². The second-order valence-corrected chi connectivity index (χ2v) is 10.1. The van der Waals surface area contributed by atoms with Crippen molar-refractivity contribution in [2.75, 3.05) is 0 Å². The van der Waals surface area contributed by atoms with Gasteiger partial charge in [-0.05, 0) is 40.1 Å². The van der Waals surface area contributed by atoms with Crippen molar-refractivity contribution in [1.29, 1.82) is 0 Å². The largest absolute Gasteiger partial charge is 0.456 e. The quantitative estimate of drug-likeness (QED) is 0.230. The molecule has 6 aromatic carbocycles. The van der Waals surface area contributed by atoms with E-state index in [4.69, 9.17) is 19.4 Å². The first-order chi connectivity index (χ1) is 20.3. The number of para-hydroxylation sites is 1. The highest BCUT2D eigenvalue weighted by atomic mass is 16.3. The Hall–Kier alpha value is -5.61. The maximum Gasteiger partial charge on any atom is 0.164 e. The van der Waals surface area contributed by atoms with Crippen LogP contribution < -0.4 is 0 Å². The molecular formula is C37H23N3O. The highest BCUT2D eigenvalue weighted by Gasteiger charge is 2.15. The van der Waals surface area contributed by atoms with E-state index in [1.807, 2.05) is 60.7 Å². The minimum atomic E-state index is 0.639. The molecule has 4 nitrogen and oxygen atoms in total. The molecule has 4 heteroatoms. The summed E-state index contributed by atoms with van der Waals surface area (Å²) in [6.07, 6.45) is 0. The Bertz CT molecular complexity index is 2180. The van der Waals surface area contributed by atoms with E-state index in [0.29, 0.717) is 17.5 Å². The maximum atomic E-state index is 6.11. The summed E-state index contributed by atoms with van der Waals surface area (Å²) < 4.78 is 6.11. The van der Waals surface area contributed by atoms with E-state index in [2.05, 4.69) is 78.9 Å². The fraction of sp³-hybridized carbons (Fsp3) is 0. The molecule has 2 heterocycles. The average Bonchev–Trinajstić information content (AvgIpc) is 3.44. The molecule has 0 unspecified atom stereocenters. The fourth-order valence-corrected chi connectivity index (χ4v) is 5.49. The van der Waals surface area contributed by atoms with Crippen LogP contribution in [-0.4, -0.2) is 15.0 Å². The summed E-state index contributed by atoms with van der Waals surface area (Å²) in [4.78, 5) is 14.8. The van der Waals surface area contributed by atoms with Crippen LogP contribution in [0, 0.1) is 0 Å². The Kier molecular flexibility index (Phi) is 5.42. The number of fused-ring (bicyclic) bond motifs is 5. The summed E-state index contributed by atoms with van der Waals surface area (Å²) in [5, 5.41) is 4.50. The van der Waals surface area contributed by atoms with Gasteiger partial charge in [0, 0.05) is 27.5 Å². The summed E-state index contributed by atoms with van der Waals surface area (Å²) >= 11 is 0. The molecule has 0 aliphatic carbocycles. The van der Waals surface area contributed by atoms with Gasteiger partial charge in [0.2, 0.25) is 0 Å². The summed E-state index contributed by atoms with van der Waals surface area (Å²) in [5.41, 5.74) is 6.94. The molecule has 0 saturated carbocycles. The lowest BCUT2D eigenvalue weighted by molar-refractivity contribution is 0.669. The van der Waals surface area contributed by atoms with Gasteiger partial charge in [0.05, 0.1) is 0 Å². The Morgan fingerprint density at radius 1 is 0.366 bits per heavy atom. The van der Waals surface area contributed by atoms with Crippen LogP contribution >= 0.6 is 0 Å². The van der Waals surface area contributed by atoms with Gasteiger partial charge in [-0.1, -0.05) is 121 Å². The topological polar surface area (TPSA) is 51.8 Å². The van der Waals surface area contributed by atoms with E-state index in [9.17, 15) is 0 Å².